The smallest absolute Gasteiger partial charge is 0.137 e. The van der Waals surface area contributed by atoms with Crippen LogP contribution in [0.25, 0.3) is 10.9 Å². The quantitative estimate of drug-likeness (QED) is 0.629. The number of H-pyrrole nitrogens is 1. The molecule has 6 heteroatoms. The molecule has 19 heavy (non-hydrogen) atoms. The topological polar surface area (TPSA) is 66.7 Å². The van der Waals surface area contributed by atoms with Crippen LogP contribution in [0, 0.1) is 5.82 Å². The Kier molecular flexibility index (Phi) is 2.87. The zero-order valence-electron chi connectivity index (χ0n) is 9.74. The third kappa shape index (κ3) is 2.26. The maximum Gasteiger partial charge on any atom is 0.137 e. The summed E-state index contributed by atoms with van der Waals surface area (Å²) in [6.45, 7) is 0. The minimum atomic E-state index is -0.303. The largest absolute Gasteiger partial charge is 0.397 e. The summed E-state index contributed by atoms with van der Waals surface area (Å²) in [6.07, 6.45) is 1.71. The van der Waals surface area contributed by atoms with Gasteiger partial charge >= 0.3 is 0 Å². The molecule has 0 unspecified atom stereocenters. The van der Waals surface area contributed by atoms with Gasteiger partial charge in [0.2, 0.25) is 0 Å². The Hall–Kier alpha value is -2.08. The molecule has 1 heterocycles. The van der Waals surface area contributed by atoms with Gasteiger partial charge in [-0.2, -0.15) is 5.10 Å². The summed E-state index contributed by atoms with van der Waals surface area (Å²) in [6, 6.07) is 8.40. The summed E-state index contributed by atoms with van der Waals surface area (Å²) in [4.78, 5) is 0. The first-order valence-electron chi connectivity index (χ1n) is 5.58. The highest BCUT2D eigenvalue weighted by Crippen LogP contribution is 2.29. The summed E-state index contributed by atoms with van der Waals surface area (Å²) < 4.78 is 13.6. The van der Waals surface area contributed by atoms with Crippen molar-refractivity contribution in [2.24, 2.45) is 0 Å². The lowest BCUT2D eigenvalue weighted by Crippen LogP contribution is -1.96. The first-order valence-corrected chi connectivity index (χ1v) is 6.37. The molecule has 0 fully saturated rings. The van der Waals surface area contributed by atoms with Gasteiger partial charge in [-0.25, -0.2) is 4.39 Å². The Morgan fingerprint density at radius 1 is 1.26 bits per heavy atom. The van der Waals surface area contributed by atoms with Crippen LogP contribution >= 0.6 is 15.9 Å². The zero-order valence-corrected chi connectivity index (χ0v) is 11.3. The molecule has 0 spiro atoms. The fraction of sp³-hybridized carbons (Fsp3) is 0. The minimum absolute atomic E-state index is 0.303. The highest BCUT2D eigenvalue weighted by atomic mass is 79.9. The van der Waals surface area contributed by atoms with Gasteiger partial charge in [-0.3, -0.25) is 5.10 Å². The van der Waals surface area contributed by atoms with Crippen LogP contribution < -0.4 is 11.1 Å². The van der Waals surface area contributed by atoms with Crippen LogP contribution in [0.2, 0.25) is 0 Å². The predicted molar refractivity (Wildman–Crippen MR) is 77.9 cm³/mol. The molecule has 3 rings (SSSR count). The number of benzene rings is 2. The van der Waals surface area contributed by atoms with E-state index in [1.807, 2.05) is 12.1 Å². The lowest BCUT2D eigenvalue weighted by Gasteiger charge is -2.10. The Labute approximate surface area is 116 Å². The molecule has 0 amide bonds. The monoisotopic (exact) mass is 320 g/mol. The highest BCUT2D eigenvalue weighted by molar-refractivity contribution is 9.10. The van der Waals surface area contributed by atoms with Crippen LogP contribution in [0.5, 0.6) is 0 Å². The summed E-state index contributed by atoms with van der Waals surface area (Å²) in [5.41, 5.74) is 8.96. The van der Waals surface area contributed by atoms with E-state index in [4.69, 9.17) is 5.73 Å². The van der Waals surface area contributed by atoms with Crippen molar-refractivity contribution in [2.45, 2.75) is 0 Å². The second kappa shape index (κ2) is 4.55. The molecular weight excluding hydrogens is 311 g/mol. The number of aromatic nitrogens is 2. The maximum absolute atomic E-state index is 13.2. The lowest BCUT2D eigenvalue weighted by molar-refractivity contribution is 0.621. The molecule has 0 saturated carbocycles. The van der Waals surface area contributed by atoms with Gasteiger partial charge in [0.05, 0.1) is 27.6 Å². The van der Waals surface area contributed by atoms with Gasteiger partial charge in [-0.15, -0.1) is 0 Å². The standard InChI is InChI=1S/C13H10BrFN4/c14-9-4-8(1-2-10(9)15)18-13-5-12-7(3-11(13)16)6-17-19-12/h1-6,18H,16H2,(H,17,19). The number of hydrogen-bond acceptors (Lipinski definition) is 3. The summed E-state index contributed by atoms with van der Waals surface area (Å²) in [7, 11) is 0. The number of nitrogen functional groups attached to an aromatic ring is 1. The highest BCUT2D eigenvalue weighted by Gasteiger charge is 2.06. The molecule has 1 aromatic heterocycles. The van der Waals surface area contributed by atoms with E-state index in [2.05, 4.69) is 31.4 Å². The maximum atomic E-state index is 13.2. The van der Waals surface area contributed by atoms with Crippen LogP contribution in [-0.2, 0) is 0 Å². The SMILES string of the molecule is Nc1cc2cn[nH]c2cc1Nc1ccc(F)c(Br)c1. The van der Waals surface area contributed by atoms with Gasteiger partial charge in [0.1, 0.15) is 5.82 Å². The van der Waals surface area contributed by atoms with Gasteiger partial charge in [0, 0.05) is 11.1 Å². The van der Waals surface area contributed by atoms with Crippen molar-refractivity contribution < 1.29 is 4.39 Å². The van der Waals surface area contributed by atoms with Crippen molar-refractivity contribution in [1.82, 2.24) is 10.2 Å². The fourth-order valence-corrected chi connectivity index (χ4v) is 2.23. The van der Waals surface area contributed by atoms with E-state index in [9.17, 15) is 4.39 Å². The summed E-state index contributed by atoms with van der Waals surface area (Å²) in [5, 5.41) is 10.9. The van der Waals surface area contributed by atoms with E-state index in [-0.39, 0.29) is 5.82 Å². The second-order valence-corrected chi connectivity index (χ2v) is 5.00. The normalized spacial score (nSPS) is 10.8. The number of nitrogens with zero attached hydrogens (tertiary/aromatic N) is 1. The van der Waals surface area contributed by atoms with Crippen molar-refractivity contribution in [3.63, 3.8) is 0 Å². The van der Waals surface area contributed by atoms with Crippen molar-refractivity contribution >= 4 is 43.9 Å². The first kappa shape index (κ1) is 12.0. The number of fused-ring (bicyclic) bond motifs is 1. The Balaban J connectivity index is 1.99. The molecule has 0 aliphatic carbocycles. The third-order valence-electron chi connectivity index (χ3n) is 2.81. The molecule has 2 aromatic carbocycles. The molecule has 96 valence electrons. The van der Waals surface area contributed by atoms with E-state index >= 15 is 0 Å². The Bertz CT molecular complexity index is 753. The van der Waals surface area contributed by atoms with Crippen LogP contribution in [0.4, 0.5) is 21.5 Å². The summed E-state index contributed by atoms with van der Waals surface area (Å²) >= 11 is 3.15. The number of anilines is 3. The van der Waals surface area contributed by atoms with E-state index in [0.717, 1.165) is 22.3 Å². The number of aromatic amines is 1. The molecular formula is C13H10BrFN4. The number of hydrogen-bond donors (Lipinski definition) is 3. The number of nitrogens with two attached hydrogens (primary N) is 1. The van der Waals surface area contributed by atoms with Crippen LogP contribution in [0.3, 0.4) is 0 Å². The van der Waals surface area contributed by atoms with E-state index < -0.39 is 0 Å². The zero-order chi connectivity index (χ0) is 13.4. The van der Waals surface area contributed by atoms with Gasteiger partial charge < -0.3 is 11.1 Å². The molecule has 0 saturated heterocycles. The average Bonchev–Trinajstić information content (AvgIpc) is 2.81. The van der Waals surface area contributed by atoms with Crippen molar-refractivity contribution in [2.75, 3.05) is 11.1 Å². The lowest BCUT2D eigenvalue weighted by atomic mass is 10.2. The second-order valence-electron chi connectivity index (χ2n) is 4.15. The number of rotatable bonds is 2. The van der Waals surface area contributed by atoms with Crippen LogP contribution in [-0.4, -0.2) is 10.2 Å². The van der Waals surface area contributed by atoms with E-state index in [0.29, 0.717) is 10.2 Å². The predicted octanol–water partition coefficient (Wildman–Crippen LogP) is 3.79. The Morgan fingerprint density at radius 3 is 2.89 bits per heavy atom. The molecule has 4 nitrogen and oxygen atoms in total. The molecule has 0 aliphatic rings. The van der Waals surface area contributed by atoms with Gasteiger partial charge in [0.15, 0.2) is 0 Å². The molecule has 0 atom stereocenters. The minimum Gasteiger partial charge on any atom is -0.397 e. The van der Waals surface area contributed by atoms with Gasteiger partial charge in [-0.05, 0) is 46.3 Å². The average molecular weight is 321 g/mol. The van der Waals surface area contributed by atoms with Gasteiger partial charge in [0.25, 0.3) is 0 Å². The van der Waals surface area contributed by atoms with Gasteiger partial charge in [-0.1, -0.05) is 0 Å². The van der Waals surface area contributed by atoms with E-state index in [1.165, 1.54) is 6.07 Å². The molecule has 4 N–H and O–H groups in total. The molecule has 3 aromatic rings. The number of nitrogens with one attached hydrogen (secondary N) is 2. The van der Waals surface area contributed by atoms with Crippen molar-refractivity contribution in [3.05, 3.63) is 46.8 Å². The van der Waals surface area contributed by atoms with E-state index in [1.54, 1.807) is 18.3 Å². The first-order chi connectivity index (χ1) is 9.13. The Morgan fingerprint density at radius 2 is 2.11 bits per heavy atom. The van der Waals surface area contributed by atoms with Crippen molar-refractivity contribution in [3.8, 4) is 0 Å². The summed E-state index contributed by atoms with van der Waals surface area (Å²) in [5.74, 6) is -0.303. The molecule has 0 bridgehead atoms. The van der Waals surface area contributed by atoms with Crippen LogP contribution in [0.1, 0.15) is 0 Å². The molecule has 0 aliphatic heterocycles. The van der Waals surface area contributed by atoms with Crippen LogP contribution in [0.15, 0.2) is 41.0 Å². The fourth-order valence-electron chi connectivity index (χ4n) is 1.85. The van der Waals surface area contributed by atoms with Crippen molar-refractivity contribution in [1.29, 1.82) is 0 Å². The molecule has 0 radical (unpaired) electrons. The number of halogens is 2. The third-order valence-corrected chi connectivity index (χ3v) is 3.42.